The smallest absolute Gasteiger partial charge is 0.306 e. The SMILES string of the molecule is C=C(C)C[C@](C)(CO)C/C=C\CCCOC(=O)CC(C)C(C=O)=CCC. The van der Waals surface area contributed by atoms with Gasteiger partial charge in [-0.15, -0.1) is 6.58 Å². The van der Waals surface area contributed by atoms with Crippen molar-refractivity contribution in [2.45, 2.75) is 66.2 Å². The number of carbonyl (C=O) groups excluding carboxylic acids is 2. The summed E-state index contributed by atoms with van der Waals surface area (Å²) in [6.45, 7) is 12.3. The van der Waals surface area contributed by atoms with E-state index in [0.29, 0.717) is 12.2 Å². The van der Waals surface area contributed by atoms with Crippen molar-refractivity contribution < 1.29 is 19.4 Å². The summed E-state index contributed by atoms with van der Waals surface area (Å²) < 4.78 is 5.24. The summed E-state index contributed by atoms with van der Waals surface area (Å²) in [5.41, 5.74) is 1.57. The van der Waals surface area contributed by atoms with Crippen LogP contribution < -0.4 is 0 Å². The Hall–Kier alpha value is -1.68. The highest BCUT2D eigenvalue weighted by Crippen LogP contribution is 2.29. The normalized spacial score (nSPS) is 15.5. The van der Waals surface area contributed by atoms with E-state index in [1.807, 2.05) is 26.8 Å². The quantitative estimate of drug-likeness (QED) is 0.158. The van der Waals surface area contributed by atoms with Gasteiger partial charge >= 0.3 is 5.97 Å². The molecule has 0 fully saturated rings. The molecule has 0 bridgehead atoms. The van der Waals surface area contributed by atoms with Gasteiger partial charge in [0, 0.05) is 6.61 Å². The summed E-state index contributed by atoms with van der Waals surface area (Å²) in [6.07, 6.45) is 11.0. The number of aliphatic hydroxyl groups is 1. The Balaban J connectivity index is 4.05. The van der Waals surface area contributed by atoms with E-state index in [4.69, 9.17) is 4.74 Å². The Morgan fingerprint density at radius 2 is 2.04 bits per heavy atom. The van der Waals surface area contributed by atoms with E-state index in [9.17, 15) is 14.7 Å². The standard InChI is InChI=1S/C22H36O4/c1-6-11-20(16-23)19(4)14-21(25)26-13-10-8-7-9-12-22(5,17-24)15-18(2)3/h7,9,11,16,19,24H,2,6,8,10,12-15,17H2,1,3-5H3/b9-7-,20-11?/t19?,22-/m1/s1. The Kier molecular flexibility index (Phi) is 12.6. The van der Waals surface area contributed by atoms with Crippen LogP contribution in [0.5, 0.6) is 0 Å². The number of carbonyl (C=O) groups is 2. The van der Waals surface area contributed by atoms with Crippen LogP contribution in [0.25, 0.3) is 0 Å². The van der Waals surface area contributed by atoms with Crippen molar-refractivity contribution in [1.82, 2.24) is 0 Å². The molecule has 0 aromatic carbocycles. The number of aldehydes is 1. The average molecular weight is 365 g/mol. The Labute approximate surface area is 159 Å². The molecule has 0 aliphatic heterocycles. The van der Waals surface area contributed by atoms with Gasteiger partial charge in [-0.05, 0) is 55.9 Å². The van der Waals surface area contributed by atoms with Gasteiger partial charge < -0.3 is 9.84 Å². The van der Waals surface area contributed by atoms with Crippen LogP contribution in [0.4, 0.5) is 0 Å². The van der Waals surface area contributed by atoms with E-state index in [0.717, 1.165) is 44.0 Å². The van der Waals surface area contributed by atoms with Crippen molar-refractivity contribution in [3.63, 3.8) is 0 Å². The number of ether oxygens (including phenoxy) is 1. The minimum Gasteiger partial charge on any atom is -0.466 e. The molecule has 0 heterocycles. The second-order valence-corrected chi connectivity index (χ2v) is 7.48. The van der Waals surface area contributed by atoms with Crippen LogP contribution in [-0.2, 0) is 14.3 Å². The molecule has 4 heteroatoms. The first-order chi connectivity index (χ1) is 12.3. The van der Waals surface area contributed by atoms with Crippen molar-refractivity contribution in [3.05, 3.63) is 36.0 Å². The minimum absolute atomic E-state index is 0.107. The molecule has 2 atom stereocenters. The van der Waals surface area contributed by atoms with Gasteiger partial charge in [0.15, 0.2) is 0 Å². The van der Waals surface area contributed by atoms with E-state index in [1.54, 1.807) is 0 Å². The number of hydrogen-bond acceptors (Lipinski definition) is 4. The van der Waals surface area contributed by atoms with Gasteiger partial charge in [-0.25, -0.2) is 0 Å². The molecule has 0 aromatic heterocycles. The molecule has 0 amide bonds. The van der Waals surface area contributed by atoms with E-state index in [-0.39, 0.29) is 30.3 Å². The van der Waals surface area contributed by atoms with Crippen molar-refractivity contribution in [1.29, 1.82) is 0 Å². The topological polar surface area (TPSA) is 63.6 Å². The largest absolute Gasteiger partial charge is 0.466 e. The van der Waals surface area contributed by atoms with Gasteiger partial charge in [0.05, 0.1) is 13.0 Å². The summed E-state index contributed by atoms with van der Waals surface area (Å²) in [6, 6.07) is 0. The summed E-state index contributed by atoms with van der Waals surface area (Å²) in [5.74, 6) is -0.371. The molecule has 0 rings (SSSR count). The molecule has 0 radical (unpaired) electrons. The van der Waals surface area contributed by atoms with Gasteiger partial charge in [0.2, 0.25) is 0 Å². The van der Waals surface area contributed by atoms with Gasteiger partial charge in [-0.2, -0.15) is 0 Å². The van der Waals surface area contributed by atoms with Gasteiger partial charge in [-0.1, -0.05) is 44.6 Å². The monoisotopic (exact) mass is 364 g/mol. The second-order valence-electron chi connectivity index (χ2n) is 7.48. The van der Waals surface area contributed by atoms with Crippen molar-refractivity contribution in [2.75, 3.05) is 13.2 Å². The molecule has 0 aliphatic rings. The van der Waals surface area contributed by atoms with Crippen LogP contribution in [0.2, 0.25) is 0 Å². The number of hydrogen-bond donors (Lipinski definition) is 1. The Bertz CT molecular complexity index is 504. The maximum Gasteiger partial charge on any atom is 0.306 e. The number of unbranched alkanes of at least 4 members (excludes halogenated alkanes) is 1. The lowest BCUT2D eigenvalue weighted by molar-refractivity contribution is -0.144. The highest BCUT2D eigenvalue weighted by atomic mass is 16.5. The van der Waals surface area contributed by atoms with E-state index in [1.165, 1.54) is 0 Å². The van der Waals surface area contributed by atoms with Crippen molar-refractivity contribution in [2.24, 2.45) is 11.3 Å². The van der Waals surface area contributed by atoms with E-state index < -0.39 is 0 Å². The lowest BCUT2D eigenvalue weighted by atomic mass is 9.82. The molecule has 4 nitrogen and oxygen atoms in total. The average Bonchev–Trinajstić information content (AvgIpc) is 2.57. The van der Waals surface area contributed by atoms with E-state index in [2.05, 4.69) is 25.7 Å². The molecule has 0 aromatic rings. The zero-order chi connectivity index (χ0) is 20.0. The molecule has 0 aliphatic carbocycles. The molecule has 0 saturated carbocycles. The maximum atomic E-state index is 11.8. The highest BCUT2D eigenvalue weighted by molar-refractivity contribution is 5.77. The lowest BCUT2D eigenvalue weighted by Crippen LogP contribution is -2.20. The van der Waals surface area contributed by atoms with Crippen LogP contribution in [0, 0.1) is 11.3 Å². The first-order valence-electron chi connectivity index (χ1n) is 9.49. The third-order valence-corrected chi connectivity index (χ3v) is 4.28. The zero-order valence-electron chi connectivity index (χ0n) is 16.9. The molecule has 0 spiro atoms. The van der Waals surface area contributed by atoms with Crippen LogP contribution in [0.3, 0.4) is 0 Å². The molecule has 1 N–H and O–H groups in total. The number of aliphatic hydroxyl groups excluding tert-OH is 1. The molecular formula is C22H36O4. The molecule has 1 unspecified atom stereocenters. The summed E-state index contributed by atoms with van der Waals surface area (Å²) in [7, 11) is 0. The summed E-state index contributed by atoms with van der Waals surface area (Å²) >= 11 is 0. The van der Waals surface area contributed by atoms with Crippen LogP contribution in [0.15, 0.2) is 36.0 Å². The minimum atomic E-state index is -0.264. The second kappa shape index (κ2) is 13.5. The first-order valence-corrected chi connectivity index (χ1v) is 9.49. The van der Waals surface area contributed by atoms with Crippen LogP contribution >= 0.6 is 0 Å². The molecule has 148 valence electrons. The number of esters is 1. The van der Waals surface area contributed by atoms with Gasteiger partial charge in [0.1, 0.15) is 6.29 Å². The summed E-state index contributed by atoms with van der Waals surface area (Å²) in [5, 5.41) is 9.54. The van der Waals surface area contributed by atoms with Gasteiger partial charge in [-0.3, -0.25) is 9.59 Å². The third-order valence-electron chi connectivity index (χ3n) is 4.28. The molecule has 0 saturated heterocycles. The van der Waals surface area contributed by atoms with Crippen molar-refractivity contribution in [3.8, 4) is 0 Å². The molecular weight excluding hydrogens is 328 g/mol. The lowest BCUT2D eigenvalue weighted by Gasteiger charge is -2.25. The summed E-state index contributed by atoms with van der Waals surface area (Å²) in [4.78, 5) is 22.8. The highest BCUT2D eigenvalue weighted by Gasteiger charge is 2.21. The number of allylic oxidation sites excluding steroid dienone is 5. The Morgan fingerprint density at radius 3 is 2.58 bits per heavy atom. The fraction of sp³-hybridized carbons (Fsp3) is 0.636. The fourth-order valence-corrected chi connectivity index (χ4v) is 2.82. The predicted molar refractivity (Wildman–Crippen MR) is 107 cm³/mol. The number of rotatable bonds is 14. The maximum absolute atomic E-state index is 11.8. The fourth-order valence-electron chi connectivity index (χ4n) is 2.82. The van der Waals surface area contributed by atoms with Crippen LogP contribution in [-0.4, -0.2) is 30.6 Å². The predicted octanol–water partition coefficient (Wildman–Crippen LogP) is 4.78. The third kappa shape index (κ3) is 11.0. The van der Waals surface area contributed by atoms with Gasteiger partial charge in [0.25, 0.3) is 0 Å². The molecule has 26 heavy (non-hydrogen) atoms. The van der Waals surface area contributed by atoms with Crippen LogP contribution in [0.1, 0.15) is 66.2 Å². The van der Waals surface area contributed by atoms with Crippen molar-refractivity contribution >= 4 is 12.3 Å². The van der Waals surface area contributed by atoms with E-state index >= 15 is 0 Å². The first kappa shape index (κ1) is 24.3. The zero-order valence-corrected chi connectivity index (χ0v) is 16.9. The Morgan fingerprint density at radius 1 is 1.35 bits per heavy atom.